The Labute approximate surface area is 84.4 Å². The molecule has 0 fully saturated rings. The monoisotopic (exact) mass is 203 g/mol. The van der Waals surface area contributed by atoms with Crippen molar-refractivity contribution in [3.05, 3.63) is 53.2 Å². The van der Waals surface area contributed by atoms with E-state index < -0.39 is 5.82 Å². The lowest BCUT2D eigenvalue weighted by atomic mass is 10.2. The highest BCUT2D eigenvalue weighted by Crippen LogP contribution is 2.24. The van der Waals surface area contributed by atoms with Crippen molar-refractivity contribution >= 4 is 5.69 Å². The summed E-state index contributed by atoms with van der Waals surface area (Å²) in [6.45, 7) is 0. The minimum absolute atomic E-state index is 0.232. The van der Waals surface area contributed by atoms with Gasteiger partial charge in [-0.05, 0) is 23.7 Å². The van der Waals surface area contributed by atoms with E-state index in [4.69, 9.17) is 5.53 Å². The van der Waals surface area contributed by atoms with Crippen LogP contribution in [0.1, 0.15) is 0 Å². The lowest BCUT2D eigenvalue weighted by molar-refractivity contribution is 0.627. The average Bonchev–Trinajstić information content (AvgIpc) is 2.71. The number of hydrogen-bond acceptors (Lipinski definition) is 2. The van der Waals surface area contributed by atoms with Crippen LogP contribution in [0.15, 0.2) is 42.0 Å². The summed E-state index contributed by atoms with van der Waals surface area (Å²) < 4.78 is 14.5. The first-order valence-corrected chi connectivity index (χ1v) is 4.14. The predicted molar refractivity (Wildman–Crippen MR) is 52.3 cm³/mol. The Morgan fingerprint density at radius 3 is 3.00 bits per heavy atom. The molecule has 15 heavy (non-hydrogen) atoms. The van der Waals surface area contributed by atoms with Crippen molar-refractivity contribution in [2.75, 3.05) is 0 Å². The van der Waals surface area contributed by atoms with Gasteiger partial charge < -0.3 is 4.57 Å². The first kappa shape index (κ1) is 9.23. The molecule has 6 heteroatoms. The Hall–Kier alpha value is -2.33. The highest BCUT2D eigenvalue weighted by Gasteiger charge is 2.03. The van der Waals surface area contributed by atoms with Gasteiger partial charge in [-0.2, -0.15) is 0 Å². The largest absolute Gasteiger partial charge is 0.306 e. The molecule has 0 saturated heterocycles. The maximum absolute atomic E-state index is 12.9. The second kappa shape index (κ2) is 3.81. The molecule has 0 aliphatic heterocycles. The molecule has 2 rings (SSSR count). The van der Waals surface area contributed by atoms with Crippen LogP contribution >= 0.6 is 0 Å². The second-order valence-corrected chi connectivity index (χ2v) is 2.79. The highest BCUT2D eigenvalue weighted by molar-refractivity contribution is 5.56. The molecular formula is C9H6FN5. The molecule has 5 nitrogen and oxygen atoms in total. The van der Waals surface area contributed by atoms with E-state index in [-0.39, 0.29) is 5.69 Å². The van der Waals surface area contributed by atoms with Gasteiger partial charge in [0.25, 0.3) is 0 Å². The Morgan fingerprint density at radius 2 is 2.33 bits per heavy atom. The molecule has 0 saturated carbocycles. The standard InChI is InChI=1S/C9H6FN5/c10-7-1-2-9(8(5-7)13-14-11)15-4-3-12-6-15/h1-6H. The molecule has 0 unspecified atom stereocenters. The van der Waals surface area contributed by atoms with Gasteiger partial charge in [-0.15, -0.1) is 0 Å². The van der Waals surface area contributed by atoms with Crippen LogP contribution < -0.4 is 0 Å². The van der Waals surface area contributed by atoms with Gasteiger partial charge in [0, 0.05) is 17.3 Å². The zero-order valence-electron chi connectivity index (χ0n) is 7.58. The van der Waals surface area contributed by atoms with Gasteiger partial charge in [0.2, 0.25) is 0 Å². The van der Waals surface area contributed by atoms with E-state index in [1.54, 1.807) is 23.3 Å². The van der Waals surface area contributed by atoms with Crippen LogP contribution in [0.25, 0.3) is 16.1 Å². The van der Waals surface area contributed by atoms with Crippen LogP contribution in [0, 0.1) is 5.82 Å². The van der Waals surface area contributed by atoms with E-state index in [2.05, 4.69) is 15.0 Å². The van der Waals surface area contributed by atoms with Crippen LogP contribution in [0.4, 0.5) is 10.1 Å². The predicted octanol–water partition coefficient (Wildman–Crippen LogP) is 2.95. The van der Waals surface area contributed by atoms with Gasteiger partial charge in [0.1, 0.15) is 5.82 Å². The Morgan fingerprint density at radius 1 is 1.47 bits per heavy atom. The molecule has 1 aromatic carbocycles. The molecule has 0 aliphatic carbocycles. The van der Waals surface area contributed by atoms with Crippen molar-refractivity contribution in [1.82, 2.24) is 9.55 Å². The van der Waals surface area contributed by atoms with E-state index in [9.17, 15) is 4.39 Å². The van der Waals surface area contributed by atoms with Gasteiger partial charge in [0.15, 0.2) is 0 Å². The lowest BCUT2D eigenvalue weighted by Gasteiger charge is -2.05. The third-order valence-electron chi connectivity index (χ3n) is 1.87. The molecule has 0 radical (unpaired) electrons. The van der Waals surface area contributed by atoms with E-state index in [0.717, 1.165) is 0 Å². The van der Waals surface area contributed by atoms with E-state index in [1.165, 1.54) is 18.2 Å². The minimum Gasteiger partial charge on any atom is -0.306 e. The summed E-state index contributed by atoms with van der Waals surface area (Å²) >= 11 is 0. The average molecular weight is 203 g/mol. The van der Waals surface area contributed by atoms with E-state index >= 15 is 0 Å². The van der Waals surface area contributed by atoms with Crippen LogP contribution in [0.2, 0.25) is 0 Å². The van der Waals surface area contributed by atoms with Gasteiger partial charge >= 0.3 is 0 Å². The molecule has 1 heterocycles. The number of rotatable bonds is 2. The third-order valence-corrected chi connectivity index (χ3v) is 1.87. The number of aromatic nitrogens is 2. The summed E-state index contributed by atoms with van der Waals surface area (Å²) in [7, 11) is 0. The molecule has 1 aromatic heterocycles. The number of nitrogens with zero attached hydrogens (tertiary/aromatic N) is 5. The van der Waals surface area contributed by atoms with Crippen LogP contribution in [-0.4, -0.2) is 9.55 Å². The number of hydrogen-bond donors (Lipinski definition) is 0. The number of azide groups is 1. The molecule has 2 aromatic rings. The molecule has 0 bridgehead atoms. The molecule has 74 valence electrons. The molecule has 0 spiro atoms. The van der Waals surface area contributed by atoms with Gasteiger partial charge in [-0.3, -0.25) is 0 Å². The first-order chi connectivity index (χ1) is 7.31. The third kappa shape index (κ3) is 1.79. The van der Waals surface area contributed by atoms with Crippen LogP contribution in [0.3, 0.4) is 0 Å². The Balaban J connectivity index is 2.60. The fourth-order valence-electron chi connectivity index (χ4n) is 1.24. The lowest BCUT2D eigenvalue weighted by Crippen LogP contribution is -1.90. The Kier molecular flexibility index (Phi) is 2.35. The van der Waals surface area contributed by atoms with Crippen LogP contribution in [0.5, 0.6) is 0 Å². The van der Waals surface area contributed by atoms with Gasteiger partial charge in [-0.1, -0.05) is 5.11 Å². The maximum atomic E-state index is 12.9. The maximum Gasteiger partial charge on any atom is 0.123 e. The normalized spacial score (nSPS) is 9.67. The van der Waals surface area contributed by atoms with Gasteiger partial charge in [0.05, 0.1) is 17.7 Å². The van der Waals surface area contributed by atoms with Crippen molar-refractivity contribution < 1.29 is 4.39 Å². The van der Waals surface area contributed by atoms with Crippen molar-refractivity contribution in [3.63, 3.8) is 0 Å². The van der Waals surface area contributed by atoms with Crippen molar-refractivity contribution in [2.45, 2.75) is 0 Å². The zero-order chi connectivity index (χ0) is 10.7. The quantitative estimate of drug-likeness (QED) is 0.420. The fraction of sp³-hybridized carbons (Fsp3) is 0. The van der Waals surface area contributed by atoms with E-state index in [1.807, 2.05) is 0 Å². The Bertz CT molecular complexity index is 513. The van der Waals surface area contributed by atoms with Gasteiger partial charge in [-0.25, -0.2) is 9.37 Å². The summed E-state index contributed by atoms with van der Waals surface area (Å²) in [6, 6.07) is 4.00. The summed E-state index contributed by atoms with van der Waals surface area (Å²) in [4.78, 5) is 6.50. The molecule has 0 aliphatic rings. The van der Waals surface area contributed by atoms with E-state index in [0.29, 0.717) is 5.69 Å². The van der Waals surface area contributed by atoms with Crippen molar-refractivity contribution in [2.24, 2.45) is 5.11 Å². The second-order valence-electron chi connectivity index (χ2n) is 2.79. The number of halogens is 1. The topological polar surface area (TPSA) is 66.6 Å². The zero-order valence-corrected chi connectivity index (χ0v) is 7.58. The molecule has 0 N–H and O–H groups in total. The highest BCUT2D eigenvalue weighted by atomic mass is 19.1. The SMILES string of the molecule is [N-]=[N+]=Nc1cc(F)ccc1-n1ccnc1. The first-order valence-electron chi connectivity index (χ1n) is 4.14. The summed E-state index contributed by atoms with van der Waals surface area (Å²) in [5.41, 5.74) is 9.17. The molecule has 0 atom stereocenters. The number of benzene rings is 1. The molecule has 0 amide bonds. The summed E-state index contributed by atoms with van der Waals surface area (Å²) in [5.74, 6) is -0.443. The van der Waals surface area contributed by atoms with Crippen molar-refractivity contribution in [1.29, 1.82) is 0 Å². The van der Waals surface area contributed by atoms with Crippen molar-refractivity contribution in [3.8, 4) is 5.69 Å². The smallest absolute Gasteiger partial charge is 0.123 e. The molecular weight excluding hydrogens is 197 g/mol. The fourth-order valence-corrected chi connectivity index (χ4v) is 1.24. The number of imidazole rings is 1. The summed E-state index contributed by atoms with van der Waals surface area (Å²) in [5, 5.41) is 3.42. The summed E-state index contributed by atoms with van der Waals surface area (Å²) in [6.07, 6.45) is 4.82. The van der Waals surface area contributed by atoms with Crippen LogP contribution in [-0.2, 0) is 0 Å². The minimum atomic E-state index is -0.443.